The second-order valence-corrected chi connectivity index (χ2v) is 2.19. The predicted octanol–water partition coefficient (Wildman–Crippen LogP) is 0.772. The molecule has 0 bridgehead atoms. The average Bonchev–Trinajstić information content (AvgIpc) is 1.25. The number of hydrogen-bond donors (Lipinski definition) is 2. The summed E-state index contributed by atoms with van der Waals surface area (Å²) >= 11 is 0. The summed E-state index contributed by atoms with van der Waals surface area (Å²) in [6, 6.07) is 0. The molecule has 0 aliphatic heterocycles. The molecule has 0 aromatic rings. The van der Waals surface area contributed by atoms with Gasteiger partial charge < -0.3 is 10.2 Å². The van der Waals surface area contributed by atoms with Crippen molar-refractivity contribution in [3.8, 4) is 0 Å². The fourth-order valence-electron chi connectivity index (χ4n) is 0. The molecule has 57 valence electrons. The zero-order valence-corrected chi connectivity index (χ0v) is 7.89. The van der Waals surface area contributed by atoms with E-state index in [-0.39, 0.29) is 30.8 Å². The molecule has 0 aromatic carbocycles. The second-order valence-electron chi connectivity index (χ2n) is 2.19. The van der Waals surface area contributed by atoms with E-state index >= 15 is 0 Å². The molecule has 9 heavy (non-hydrogen) atoms. The molecule has 0 aromatic heterocycles. The van der Waals surface area contributed by atoms with E-state index in [1.165, 1.54) is 0 Å². The van der Waals surface area contributed by atoms with Crippen LogP contribution in [0.3, 0.4) is 0 Å². The van der Waals surface area contributed by atoms with Gasteiger partial charge in [0.25, 0.3) is 0 Å². The first-order chi connectivity index (χ1) is 3.46. The fourth-order valence-corrected chi connectivity index (χ4v) is 0. The van der Waals surface area contributed by atoms with Crippen LogP contribution in [0.25, 0.3) is 0 Å². The van der Waals surface area contributed by atoms with Gasteiger partial charge in [-0.1, -0.05) is 0 Å². The van der Waals surface area contributed by atoms with Crippen molar-refractivity contribution >= 4 is 0 Å². The maximum Gasteiger partial charge on any atom is 0.0483 e. The number of aliphatic hydroxyl groups is 2. The smallest absolute Gasteiger partial charge is 0.0483 e. The predicted molar refractivity (Wildman–Crippen MR) is 34.7 cm³/mol. The fraction of sp³-hybridized carbons (Fsp3) is 1.00. The minimum atomic E-state index is -0.167. The molecule has 0 atom stereocenters. The monoisotopic (exact) mass is 171 g/mol. The van der Waals surface area contributed by atoms with E-state index in [2.05, 4.69) is 0 Å². The Kier molecular flexibility index (Phi) is 20.4. The summed E-state index contributed by atoms with van der Waals surface area (Å²) in [4.78, 5) is 0. The zero-order chi connectivity index (χ0) is 7.15. The van der Waals surface area contributed by atoms with Gasteiger partial charge >= 0.3 is 0 Å². The molecule has 0 fully saturated rings. The van der Waals surface area contributed by atoms with Crippen LogP contribution in [0, 0.1) is 0 Å². The summed E-state index contributed by atoms with van der Waals surface area (Å²) in [5, 5.41) is 16.1. The van der Waals surface area contributed by atoms with Crippen LogP contribution in [-0.2, 0) is 18.6 Å². The van der Waals surface area contributed by atoms with Crippen molar-refractivity contribution in [1.82, 2.24) is 0 Å². The molecule has 0 heterocycles. The third kappa shape index (κ3) is 1410. The molecule has 3 heteroatoms. The molecule has 0 saturated heterocycles. The Bertz CT molecular complexity index is 26.5. The minimum Gasteiger partial charge on any atom is -0.394 e. The first-order valence-corrected chi connectivity index (χ1v) is 2.83. The molecular weight excluding hydrogens is 155 g/mol. The summed E-state index contributed by atoms with van der Waals surface area (Å²) in [6.07, 6.45) is -0.333. The molecule has 2 nitrogen and oxygen atoms in total. The Labute approximate surface area is 69.2 Å². The SMILES string of the molecule is CC(C)O.CC(C)O.[V]. The van der Waals surface area contributed by atoms with Gasteiger partial charge in [-0.25, -0.2) is 0 Å². The van der Waals surface area contributed by atoms with E-state index in [1.54, 1.807) is 27.7 Å². The van der Waals surface area contributed by atoms with E-state index in [1.807, 2.05) is 0 Å². The van der Waals surface area contributed by atoms with Crippen LogP contribution >= 0.6 is 0 Å². The summed E-state index contributed by atoms with van der Waals surface area (Å²) in [5.41, 5.74) is 0. The van der Waals surface area contributed by atoms with Gasteiger partial charge in [0.05, 0.1) is 0 Å². The Morgan fingerprint density at radius 2 is 0.778 bits per heavy atom. The van der Waals surface area contributed by atoms with Crippen molar-refractivity contribution in [2.45, 2.75) is 39.9 Å². The van der Waals surface area contributed by atoms with E-state index in [9.17, 15) is 0 Å². The van der Waals surface area contributed by atoms with E-state index in [4.69, 9.17) is 10.2 Å². The molecule has 1 radical (unpaired) electrons. The van der Waals surface area contributed by atoms with Crippen LogP contribution in [-0.4, -0.2) is 22.4 Å². The standard InChI is InChI=1S/2C3H8O.V/c2*1-3(2)4;/h2*3-4H,1-2H3;. The van der Waals surface area contributed by atoms with Crippen LogP contribution < -0.4 is 0 Å². The molecule has 0 aliphatic carbocycles. The van der Waals surface area contributed by atoms with Crippen molar-refractivity contribution in [2.24, 2.45) is 0 Å². The quantitative estimate of drug-likeness (QED) is 0.565. The van der Waals surface area contributed by atoms with E-state index < -0.39 is 0 Å². The Morgan fingerprint density at radius 3 is 0.778 bits per heavy atom. The van der Waals surface area contributed by atoms with Crippen LogP contribution in [0.1, 0.15) is 27.7 Å². The van der Waals surface area contributed by atoms with Gasteiger partial charge in [-0.15, -0.1) is 0 Å². The van der Waals surface area contributed by atoms with Crippen LogP contribution in [0.4, 0.5) is 0 Å². The van der Waals surface area contributed by atoms with Gasteiger partial charge in [0.1, 0.15) is 0 Å². The summed E-state index contributed by atoms with van der Waals surface area (Å²) in [6.45, 7) is 6.89. The maximum atomic E-state index is 8.06. The van der Waals surface area contributed by atoms with Crippen LogP contribution in [0.15, 0.2) is 0 Å². The number of aliphatic hydroxyl groups excluding tert-OH is 2. The number of rotatable bonds is 0. The van der Waals surface area contributed by atoms with Crippen molar-refractivity contribution in [3.63, 3.8) is 0 Å². The van der Waals surface area contributed by atoms with Crippen molar-refractivity contribution in [2.75, 3.05) is 0 Å². The van der Waals surface area contributed by atoms with Crippen molar-refractivity contribution in [1.29, 1.82) is 0 Å². The second kappa shape index (κ2) is 11.3. The van der Waals surface area contributed by atoms with Crippen molar-refractivity contribution < 1.29 is 28.8 Å². The molecule has 0 amide bonds. The van der Waals surface area contributed by atoms with Crippen molar-refractivity contribution in [3.05, 3.63) is 0 Å². The normalized spacial score (nSPS) is 8.00. The first-order valence-electron chi connectivity index (χ1n) is 2.83. The summed E-state index contributed by atoms with van der Waals surface area (Å²) < 4.78 is 0. The first kappa shape index (κ1) is 16.2. The van der Waals surface area contributed by atoms with Gasteiger partial charge in [-0.3, -0.25) is 0 Å². The molecule has 0 aliphatic rings. The van der Waals surface area contributed by atoms with Gasteiger partial charge in [0, 0.05) is 30.8 Å². The molecule has 0 rings (SSSR count). The largest absolute Gasteiger partial charge is 0.394 e. The Hall–Kier alpha value is 0.504. The average molecular weight is 171 g/mol. The van der Waals surface area contributed by atoms with Gasteiger partial charge in [-0.2, -0.15) is 0 Å². The molecule has 0 spiro atoms. The third-order valence-corrected chi connectivity index (χ3v) is 0. The topological polar surface area (TPSA) is 40.5 Å². The maximum absolute atomic E-state index is 8.06. The minimum absolute atomic E-state index is 0. The molecule has 0 saturated carbocycles. The van der Waals surface area contributed by atoms with Crippen LogP contribution in [0.5, 0.6) is 0 Å². The Morgan fingerprint density at radius 1 is 0.778 bits per heavy atom. The van der Waals surface area contributed by atoms with E-state index in [0.717, 1.165) is 0 Å². The van der Waals surface area contributed by atoms with E-state index in [0.29, 0.717) is 0 Å². The molecule has 0 unspecified atom stereocenters. The Balaban J connectivity index is -0.0000000720. The summed E-state index contributed by atoms with van der Waals surface area (Å²) in [5.74, 6) is 0. The number of hydrogen-bond acceptors (Lipinski definition) is 2. The van der Waals surface area contributed by atoms with Gasteiger partial charge in [0.2, 0.25) is 0 Å². The zero-order valence-electron chi connectivity index (χ0n) is 6.50. The van der Waals surface area contributed by atoms with Gasteiger partial charge in [-0.05, 0) is 27.7 Å². The summed E-state index contributed by atoms with van der Waals surface area (Å²) in [7, 11) is 0. The molecular formula is C6H16O2V. The molecule has 2 N–H and O–H groups in total. The van der Waals surface area contributed by atoms with Gasteiger partial charge in [0.15, 0.2) is 0 Å². The van der Waals surface area contributed by atoms with Crippen LogP contribution in [0.2, 0.25) is 0 Å². The third-order valence-electron chi connectivity index (χ3n) is 0.